The highest BCUT2D eigenvalue weighted by atomic mass is 16.5. The van der Waals surface area contributed by atoms with Crippen LogP contribution < -0.4 is 24.9 Å². The van der Waals surface area contributed by atoms with Crippen molar-refractivity contribution in [2.45, 2.75) is 59.3 Å². The first kappa shape index (κ1) is 36.6. The zero-order valence-electron chi connectivity index (χ0n) is 31.4. The molecule has 2 atom stereocenters. The molecule has 0 amide bonds. The maximum Gasteiger partial charge on any atom is 0.203 e. The molecule has 7 rings (SSSR count). The fourth-order valence-corrected chi connectivity index (χ4v) is 8.23. The number of fused-ring (bicyclic) bond motifs is 4. The summed E-state index contributed by atoms with van der Waals surface area (Å²) in [4.78, 5) is 25.2. The summed E-state index contributed by atoms with van der Waals surface area (Å²) in [7, 11) is 0. The van der Waals surface area contributed by atoms with Crippen LogP contribution in [-0.2, 0) is 0 Å². The zero-order chi connectivity index (χ0) is 37.9. The number of rotatable bonds is 12. The van der Waals surface area contributed by atoms with E-state index in [2.05, 4.69) is 61.1 Å². The SMILES string of the molecule is CCC[N+](CCC)=C1C=CC2C(=C1)Oc1cc3oc4cc(=[N+](CCC)CCC)ccc-4c(-c4ccccc4C(=O)[O-])c3cc1C2c1ccccc1C(=O)[O-]. The Morgan fingerprint density at radius 1 is 0.704 bits per heavy atom. The van der Waals surface area contributed by atoms with E-state index in [-0.39, 0.29) is 17.0 Å². The minimum absolute atomic E-state index is 0.0639. The van der Waals surface area contributed by atoms with Crippen LogP contribution in [0, 0.1) is 5.92 Å². The highest BCUT2D eigenvalue weighted by Crippen LogP contribution is 2.51. The number of carboxylic acid groups (broad SMARTS) is 2. The van der Waals surface area contributed by atoms with Crippen LogP contribution in [0.5, 0.6) is 5.75 Å². The Morgan fingerprint density at radius 2 is 1.35 bits per heavy atom. The summed E-state index contributed by atoms with van der Waals surface area (Å²) >= 11 is 0. The molecule has 2 aliphatic heterocycles. The van der Waals surface area contributed by atoms with Crippen molar-refractivity contribution in [2.75, 3.05) is 26.2 Å². The van der Waals surface area contributed by atoms with E-state index in [1.54, 1.807) is 30.3 Å². The Morgan fingerprint density at radius 3 is 2.04 bits per heavy atom. The molecule has 2 unspecified atom stereocenters. The monoisotopic (exact) mass is 722 g/mol. The van der Waals surface area contributed by atoms with Gasteiger partial charge in [0.2, 0.25) is 11.1 Å². The van der Waals surface area contributed by atoms with Crippen LogP contribution in [0.1, 0.15) is 91.1 Å². The van der Waals surface area contributed by atoms with E-state index in [0.29, 0.717) is 39.2 Å². The smallest absolute Gasteiger partial charge is 0.203 e. The molecule has 276 valence electrons. The summed E-state index contributed by atoms with van der Waals surface area (Å²) in [5.41, 5.74) is 5.05. The predicted octanol–water partition coefficient (Wildman–Crippen LogP) is 6.39. The van der Waals surface area contributed by atoms with Crippen LogP contribution >= 0.6 is 0 Å². The van der Waals surface area contributed by atoms with E-state index in [4.69, 9.17) is 9.15 Å². The average molecular weight is 723 g/mol. The molecule has 3 aromatic rings. The van der Waals surface area contributed by atoms with Gasteiger partial charge in [0.25, 0.3) is 0 Å². The third-order valence-corrected chi connectivity index (χ3v) is 10.5. The van der Waals surface area contributed by atoms with Crippen LogP contribution in [-0.4, -0.2) is 48.4 Å². The fraction of sp³-hybridized carbons (Fsp3) is 0.304. The normalized spacial score (nSPS) is 16.1. The standard InChI is InChI=1S/C46H46N2O6/c1-5-21-47(22-6-2)29-17-19-35-39(25-29)53-41-28-42-38(27-37(41)43(35)31-13-9-11-15-33(31)45(49)50)44(32-14-10-12-16-34(32)46(51)52)36-20-18-30(26-40(36)54-42)48(23-7-3)24-8-4/h9-20,25-28,35,43H,5-8,21-24H2,1-4H3. The van der Waals surface area contributed by atoms with Crippen LogP contribution in [0.4, 0.5) is 0 Å². The molecule has 8 heteroatoms. The second kappa shape index (κ2) is 15.7. The summed E-state index contributed by atoms with van der Waals surface area (Å²) in [6.07, 6.45) is 10.3. The number of hydrogen-bond acceptors (Lipinski definition) is 6. The molecule has 0 aromatic heterocycles. The lowest BCUT2D eigenvalue weighted by molar-refractivity contribution is -0.526. The molecule has 2 heterocycles. The average Bonchev–Trinajstić information content (AvgIpc) is 3.17. The van der Waals surface area contributed by atoms with Gasteiger partial charge in [-0.25, -0.2) is 9.15 Å². The number of carbonyl (C=O) groups is 2. The van der Waals surface area contributed by atoms with Crippen molar-refractivity contribution in [1.82, 2.24) is 4.58 Å². The van der Waals surface area contributed by atoms with Crippen molar-refractivity contribution in [2.24, 2.45) is 5.92 Å². The van der Waals surface area contributed by atoms with Gasteiger partial charge in [0.15, 0.2) is 0 Å². The van der Waals surface area contributed by atoms with E-state index in [1.807, 2.05) is 42.5 Å². The molecule has 0 radical (unpaired) electrons. The molecular formula is C46H46N2O6. The third kappa shape index (κ3) is 6.77. The highest BCUT2D eigenvalue weighted by Gasteiger charge is 2.39. The van der Waals surface area contributed by atoms with E-state index < -0.39 is 17.9 Å². The summed E-state index contributed by atoms with van der Waals surface area (Å²) in [5.74, 6) is -1.43. The molecule has 3 aromatic carbocycles. The first-order valence-electron chi connectivity index (χ1n) is 19.2. The second-order valence-corrected chi connectivity index (χ2v) is 14.2. The van der Waals surface area contributed by atoms with Gasteiger partial charge in [-0.1, -0.05) is 82.3 Å². The van der Waals surface area contributed by atoms with Gasteiger partial charge in [0.05, 0.1) is 18.0 Å². The van der Waals surface area contributed by atoms with Crippen molar-refractivity contribution < 1.29 is 33.5 Å². The fourth-order valence-electron chi connectivity index (χ4n) is 8.23. The molecule has 0 bridgehead atoms. The Bertz CT molecular complexity index is 2380. The van der Waals surface area contributed by atoms with Gasteiger partial charge in [-0.15, -0.1) is 0 Å². The lowest BCUT2D eigenvalue weighted by Crippen LogP contribution is -2.32. The van der Waals surface area contributed by atoms with Gasteiger partial charge in [-0.3, -0.25) is 0 Å². The maximum absolute atomic E-state index is 12.6. The lowest BCUT2D eigenvalue weighted by atomic mass is 9.74. The number of ether oxygens (including phenoxy) is 1. The number of allylic oxidation sites excluding steroid dienone is 3. The number of nitrogens with zero attached hydrogens (tertiary/aromatic N) is 2. The molecule has 2 aliphatic carbocycles. The topological polar surface area (TPSA) is 109 Å². The van der Waals surface area contributed by atoms with Gasteiger partial charge in [-0.05, 0) is 23.3 Å². The summed E-state index contributed by atoms with van der Waals surface area (Å²) in [5, 5.41) is 26.9. The van der Waals surface area contributed by atoms with Crippen LogP contribution in [0.15, 0.2) is 107 Å². The number of hydrogen-bond donors (Lipinski definition) is 0. The van der Waals surface area contributed by atoms with Gasteiger partial charge < -0.3 is 29.0 Å². The molecule has 0 spiro atoms. The van der Waals surface area contributed by atoms with E-state index in [0.717, 1.165) is 79.8 Å². The van der Waals surface area contributed by atoms with Gasteiger partial charge in [0, 0.05) is 95.0 Å². The van der Waals surface area contributed by atoms with E-state index in [1.165, 1.54) is 0 Å². The Labute approximate surface area is 316 Å². The summed E-state index contributed by atoms with van der Waals surface area (Å²) < 4.78 is 18.3. The van der Waals surface area contributed by atoms with Crippen LogP contribution in [0.25, 0.3) is 33.4 Å². The van der Waals surface area contributed by atoms with Crippen molar-refractivity contribution >= 4 is 28.6 Å². The molecule has 4 aliphatic rings. The molecule has 0 fully saturated rings. The quantitative estimate of drug-likeness (QED) is 0.109. The second-order valence-electron chi connectivity index (χ2n) is 14.2. The van der Waals surface area contributed by atoms with Crippen molar-refractivity contribution in [3.63, 3.8) is 0 Å². The predicted molar refractivity (Wildman–Crippen MR) is 208 cm³/mol. The Balaban J connectivity index is 1.57. The van der Waals surface area contributed by atoms with Crippen molar-refractivity contribution in [3.05, 3.63) is 130 Å². The largest absolute Gasteiger partial charge is 0.545 e. The first-order chi connectivity index (χ1) is 26.3. The summed E-state index contributed by atoms with van der Waals surface area (Å²) in [6, 6.07) is 23.8. The van der Waals surface area contributed by atoms with Crippen LogP contribution in [0.3, 0.4) is 0 Å². The minimum atomic E-state index is -1.28. The van der Waals surface area contributed by atoms with Gasteiger partial charge in [-0.2, -0.15) is 0 Å². The highest BCUT2D eigenvalue weighted by molar-refractivity contribution is 6.08. The number of carboxylic acids is 2. The van der Waals surface area contributed by atoms with Crippen molar-refractivity contribution in [1.29, 1.82) is 0 Å². The first-order valence-corrected chi connectivity index (χ1v) is 19.2. The third-order valence-electron chi connectivity index (χ3n) is 10.5. The number of aromatic carboxylic acids is 2. The Hall–Kier alpha value is -5.76. The lowest BCUT2D eigenvalue weighted by Gasteiger charge is -2.36. The van der Waals surface area contributed by atoms with Crippen LogP contribution in [0.2, 0.25) is 0 Å². The number of carbonyl (C=O) groups excluding carboxylic acids is 2. The summed E-state index contributed by atoms with van der Waals surface area (Å²) in [6.45, 7) is 12.2. The van der Waals surface area contributed by atoms with Gasteiger partial charge >= 0.3 is 0 Å². The van der Waals surface area contributed by atoms with Gasteiger partial charge in [0.1, 0.15) is 49.0 Å². The maximum atomic E-state index is 12.6. The Kier molecular flexibility index (Phi) is 10.6. The minimum Gasteiger partial charge on any atom is -0.545 e. The van der Waals surface area contributed by atoms with E-state index >= 15 is 0 Å². The van der Waals surface area contributed by atoms with E-state index in [9.17, 15) is 19.8 Å². The zero-order valence-corrected chi connectivity index (χ0v) is 31.4. The molecular weight excluding hydrogens is 677 g/mol. The molecule has 8 nitrogen and oxygen atoms in total. The molecule has 54 heavy (non-hydrogen) atoms. The molecule has 0 saturated carbocycles. The molecule has 0 N–H and O–H groups in total. The van der Waals surface area contributed by atoms with Crippen molar-refractivity contribution in [3.8, 4) is 28.2 Å². The number of benzene rings is 4. The molecule has 0 saturated heterocycles.